The molecule has 0 saturated heterocycles. The van der Waals surface area contributed by atoms with Crippen molar-refractivity contribution in [2.24, 2.45) is 7.05 Å². The normalized spacial score (nSPS) is 10.5. The van der Waals surface area contributed by atoms with Crippen LogP contribution in [-0.4, -0.2) is 19.3 Å². The molecule has 5 nitrogen and oxygen atoms in total. The number of aromatic nitrogens is 4. The molecule has 0 aliphatic rings. The van der Waals surface area contributed by atoms with Crippen LogP contribution >= 0.6 is 0 Å². The van der Waals surface area contributed by atoms with Crippen LogP contribution in [0.3, 0.4) is 0 Å². The largest absolute Gasteiger partial charge is 2.00 e. The Morgan fingerprint density at radius 2 is 1.55 bits per heavy atom. The third kappa shape index (κ3) is 4.23. The van der Waals surface area contributed by atoms with E-state index in [1.807, 2.05) is 84.7 Å². The first-order valence-corrected chi connectivity index (χ1v) is 9.67. The van der Waals surface area contributed by atoms with Crippen molar-refractivity contribution in [1.82, 2.24) is 19.3 Å². The molecular formula is C25H19N5Pt. The van der Waals surface area contributed by atoms with E-state index in [9.17, 15) is 0 Å². The van der Waals surface area contributed by atoms with Crippen LogP contribution in [0.2, 0.25) is 0 Å². The van der Waals surface area contributed by atoms with Gasteiger partial charge in [-0.15, -0.1) is 48.0 Å². The molecule has 6 heteroatoms. The maximum absolute atomic E-state index is 4.47. The van der Waals surface area contributed by atoms with Gasteiger partial charge in [0.25, 0.3) is 0 Å². The van der Waals surface area contributed by atoms with Crippen molar-refractivity contribution in [3.05, 3.63) is 110 Å². The summed E-state index contributed by atoms with van der Waals surface area (Å²) in [6.07, 6.45) is 7.41. The second-order valence-corrected chi connectivity index (χ2v) is 6.85. The first-order valence-electron chi connectivity index (χ1n) is 9.67. The standard InChI is InChI=1S/C25H19N5.Pt/c1-28-17-15-26-25(28)20-8-5-12-23(18-20)30(21-9-3-2-4-10-21)24-13-6-11-22(19-24)29-16-7-14-27-29;/h2-17H,1H3;/q-2;+2. The molecule has 154 valence electrons. The van der Waals surface area contributed by atoms with Crippen molar-refractivity contribution in [2.75, 3.05) is 4.90 Å². The fourth-order valence-electron chi connectivity index (χ4n) is 3.45. The number of imidazole rings is 1. The molecule has 31 heavy (non-hydrogen) atoms. The van der Waals surface area contributed by atoms with Crippen molar-refractivity contribution >= 4 is 17.1 Å². The van der Waals surface area contributed by atoms with Gasteiger partial charge < -0.3 is 9.47 Å². The molecule has 0 radical (unpaired) electrons. The van der Waals surface area contributed by atoms with Crippen LogP contribution in [0.15, 0.2) is 97.6 Å². The fraction of sp³-hybridized carbons (Fsp3) is 0.0400. The van der Waals surface area contributed by atoms with Gasteiger partial charge >= 0.3 is 21.1 Å². The number of aryl methyl sites for hydroxylation is 1. The first kappa shape index (κ1) is 20.8. The van der Waals surface area contributed by atoms with Crippen LogP contribution in [0.25, 0.3) is 17.1 Å². The van der Waals surface area contributed by atoms with Crippen LogP contribution in [0.1, 0.15) is 0 Å². The van der Waals surface area contributed by atoms with Crippen LogP contribution in [0, 0.1) is 12.1 Å². The zero-order valence-corrected chi connectivity index (χ0v) is 19.1. The van der Waals surface area contributed by atoms with Crippen molar-refractivity contribution in [3.8, 4) is 17.1 Å². The van der Waals surface area contributed by atoms with E-state index in [0.717, 1.165) is 34.1 Å². The maximum Gasteiger partial charge on any atom is 2.00 e. The molecule has 5 rings (SSSR count). The second-order valence-electron chi connectivity index (χ2n) is 6.85. The quantitative estimate of drug-likeness (QED) is 0.262. The summed E-state index contributed by atoms with van der Waals surface area (Å²) in [7, 11) is 1.99. The molecule has 5 aromatic rings. The van der Waals surface area contributed by atoms with Crippen molar-refractivity contribution in [3.63, 3.8) is 0 Å². The van der Waals surface area contributed by atoms with E-state index in [2.05, 4.69) is 39.2 Å². The summed E-state index contributed by atoms with van der Waals surface area (Å²) in [5.74, 6) is 0.874. The number of rotatable bonds is 5. The van der Waals surface area contributed by atoms with E-state index in [4.69, 9.17) is 0 Å². The molecule has 0 bridgehead atoms. The van der Waals surface area contributed by atoms with E-state index in [1.165, 1.54) is 0 Å². The Hall–Kier alpha value is -3.43. The average Bonchev–Trinajstić information content (AvgIpc) is 3.47. The Bertz CT molecular complexity index is 1260. The van der Waals surface area contributed by atoms with Gasteiger partial charge in [0.1, 0.15) is 0 Å². The molecule has 0 amide bonds. The summed E-state index contributed by atoms with van der Waals surface area (Å²) in [4.78, 5) is 6.61. The number of para-hydroxylation sites is 1. The van der Waals surface area contributed by atoms with Gasteiger partial charge in [0.15, 0.2) is 0 Å². The van der Waals surface area contributed by atoms with E-state index in [0.29, 0.717) is 0 Å². The van der Waals surface area contributed by atoms with Gasteiger partial charge in [-0.05, 0) is 29.6 Å². The molecular weight excluding hydrogens is 565 g/mol. The predicted octanol–water partition coefficient (Wildman–Crippen LogP) is 5.34. The minimum Gasteiger partial charge on any atom is -0.373 e. The molecule has 2 heterocycles. The van der Waals surface area contributed by atoms with Gasteiger partial charge in [-0.25, -0.2) is 0 Å². The SMILES string of the molecule is Cn1ccnc1-c1[c-]c(N(c2[c-]c(-n3cccn3)ccc2)c2ccccc2)ccc1.[Pt+2]. The Morgan fingerprint density at radius 1 is 0.774 bits per heavy atom. The minimum atomic E-state index is 0. The van der Waals surface area contributed by atoms with Crippen molar-refractivity contribution in [2.45, 2.75) is 0 Å². The fourth-order valence-corrected chi connectivity index (χ4v) is 3.45. The van der Waals surface area contributed by atoms with Crippen LogP contribution < -0.4 is 4.90 Å². The molecule has 0 aliphatic carbocycles. The van der Waals surface area contributed by atoms with Gasteiger partial charge in [0.2, 0.25) is 0 Å². The van der Waals surface area contributed by atoms with Crippen LogP contribution in [0.5, 0.6) is 0 Å². The molecule has 0 spiro atoms. The van der Waals surface area contributed by atoms with Gasteiger partial charge in [-0.3, -0.25) is 9.67 Å². The number of benzene rings is 3. The number of anilines is 3. The molecule has 0 aliphatic heterocycles. The molecule has 3 aromatic carbocycles. The van der Waals surface area contributed by atoms with Gasteiger partial charge in [-0.1, -0.05) is 23.9 Å². The smallest absolute Gasteiger partial charge is 0.373 e. The number of hydrogen-bond donors (Lipinski definition) is 0. The summed E-state index contributed by atoms with van der Waals surface area (Å²) in [6.45, 7) is 0. The summed E-state index contributed by atoms with van der Waals surface area (Å²) in [5.41, 5.74) is 4.65. The summed E-state index contributed by atoms with van der Waals surface area (Å²) in [5, 5.41) is 4.34. The van der Waals surface area contributed by atoms with Crippen LogP contribution in [0.4, 0.5) is 17.1 Å². The third-order valence-electron chi connectivity index (χ3n) is 4.85. The molecule has 0 saturated carbocycles. The Morgan fingerprint density at radius 3 is 2.26 bits per heavy atom. The zero-order chi connectivity index (χ0) is 20.3. The zero-order valence-electron chi connectivity index (χ0n) is 16.8. The summed E-state index contributed by atoms with van der Waals surface area (Å²) < 4.78 is 3.80. The maximum atomic E-state index is 4.47. The second kappa shape index (κ2) is 9.15. The summed E-state index contributed by atoms with van der Waals surface area (Å²) >= 11 is 0. The number of hydrogen-bond acceptors (Lipinski definition) is 3. The van der Waals surface area contributed by atoms with Crippen LogP contribution in [-0.2, 0) is 28.1 Å². The van der Waals surface area contributed by atoms with Gasteiger partial charge in [0.05, 0.1) is 5.82 Å². The molecule has 2 aromatic heterocycles. The van der Waals surface area contributed by atoms with E-state index >= 15 is 0 Å². The monoisotopic (exact) mass is 584 g/mol. The molecule has 0 unspecified atom stereocenters. The van der Waals surface area contributed by atoms with Crippen molar-refractivity contribution < 1.29 is 21.1 Å². The van der Waals surface area contributed by atoms with E-state index in [1.54, 1.807) is 17.1 Å². The van der Waals surface area contributed by atoms with Gasteiger partial charge in [-0.2, -0.15) is 11.2 Å². The minimum absolute atomic E-state index is 0. The van der Waals surface area contributed by atoms with E-state index < -0.39 is 0 Å². The van der Waals surface area contributed by atoms with Crippen molar-refractivity contribution in [1.29, 1.82) is 0 Å². The third-order valence-corrected chi connectivity index (χ3v) is 4.85. The Balaban J connectivity index is 0.00000231. The summed E-state index contributed by atoms with van der Waals surface area (Å²) in [6, 6.07) is 31.3. The van der Waals surface area contributed by atoms with E-state index in [-0.39, 0.29) is 21.1 Å². The topological polar surface area (TPSA) is 38.9 Å². The first-order chi connectivity index (χ1) is 14.8. The molecule has 0 fully saturated rings. The average molecular weight is 585 g/mol. The Kier molecular flexibility index (Phi) is 6.15. The predicted molar refractivity (Wildman–Crippen MR) is 118 cm³/mol. The molecule has 0 atom stereocenters. The Labute approximate surface area is 195 Å². The van der Waals surface area contributed by atoms with Gasteiger partial charge in [0, 0.05) is 37.5 Å². The molecule has 0 N–H and O–H groups in total. The number of nitrogens with zero attached hydrogens (tertiary/aromatic N) is 5.